The van der Waals surface area contributed by atoms with Crippen LogP contribution >= 0.6 is 0 Å². The van der Waals surface area contributed by atoms with Crippen LogP contribution in [-0.2, 0) is 14.8 Å². The van der Waals surface area contributed by atoms with Gasteiger partial charge in [0, 0.05) is 32.8 Å². The molecule has 2 aliphatic heterocycles. The van der Waals surface area contributed by atoms with Crippen molar-refractivity contribution < 1.29 is 13.2 Å². The van der Waals surface area contributed by atoms with E-state index in [2.05, 4.69) is 4.90 Å². The van der Waals surface area contributed by atoms with E-state index in [1.807, 2.05) is 6.07 Å². The van der Waals surface area contributed by atoms with Gasteiger partial charge in [-0.1, -0.05) is 6.07 Å². The third-order valence-electron chi connectivity index (χ3n) is 4.63. The lowest BCUT2D eigenvalue weighted by Crippen LogP contribution is -2.37. The first-order valence-corrected chi connectivity index (χ1v) is 9.88. The highest BCUT2D eigenvalue weighted by Crippen LogP contribution is 2.20. The van der Waals surface area contributed by atoms with Crippen molar-refractivity contribution in [3.63, 3.8) is 0 Å². The molecule has 0 amide bonds. The van der Waals surface area contributed by atoms with Crippen molar-refractivity contribution in [1.82, 2.24) is 9.21 Å². The largest absolute Gasteiger partial charge is 0.377 e. The van der Waals surface area contributed by atoms with Gasteiger partial charge in [0.05, 0.1) is 22.6 Å². The summed E-state index contributed by atoms with van der Waals surface area (Å²) in [5, 5.41) is 8.98. The molecule has 2 aliphatic rings. The average Bonchev–Trinajstić information content (AvgIpc) is 2.98. The Morgan fingerprint density at radius 1 is 1.21 bits per heavy atom. The van der Waals surface area contributed by atoms with Gasteiger partial charge in [0.1, 0.15) is 0 Å². The maximum atomic E-state index is 12.8. The highest BCUT2D eigenvalue weighted by molar-refractivity contribution is 7.89. The second-order valence-corrected chi connectivity index (χ2v) is 8.27. The highest BCUT2D eigenvalue weighted by Gasteiger charge is 2.28. The second-order valence-electron chi connectivity index (χ2n) is 6.33. The van der Waals surface area contributed by atoms with Crippen LogP contribution in [0.3, 0.4) is 0 Å². The smallest absolute Gasteiger partial charge is 0.243 e. The molecule has 1 aromatic rings. The molecule has 24 heavy (non-hydrogen) atoms. The summed E-state index contributed by atoms with van der Waals surface area (Å²) in [4.78, 5) is 2.51. The summed E-state index contributed by atoms with van der Waals surface area (Å²) in [5.74, 6) is 0. The van der Waals surface area contributed by atoms with Gasteiger partial charge in [-0.05, 0) is 44.0 Å². The molecule has 0 saturated carbocycles. The predicted molar refractivity (Wildman–Crippen MR) is 89.9 cm³/mol. The number of hydrogen-bond donors (Lipinski definition) is 0. The summed E-state index contributed by atoms with van der Waals surface area (Å²) in [5.41, 5.74) is 0.367. The molecule has 0 N–H and O–H groups in total. The summed E-state index contributed by atoms with van der Waals surface area (Å²) >= 11 is 0. The van der Waals surface area contributed by atoms with Crippen LogP contribution in [-0.4, -0.2) is 63.1 Å². The first-order valence-electron chi connectivity index (χ1n) is 8.44. The first kappa shape index (κ1) is 17.4. The molecule has 0 spiro atoms. The predicted octanol–water partition coefficient (Wildman–Crippen LogP) is 1.43. The molecule has 2 heterocycles. The van der Waals surface area contributed by atoms with Crippen molar-refractivity contribution in [1.29, 1.82) is 5.26 Å². The first-order chi connectivity index (χ1) is 11.6. The number of rotatable bonds is 4. The minimum Gasteiger partial charge on any atom is -0.377 e. The van der Waals surface area contributed by atoms with E-state index in [4.69, 9.17) is 10.00 Å². The maximum Gasteiger partial charge on any atom is 0.243 e. The van der Waals surface area contributed by atoms with Gasteiger partial charge in [0.2, 0.25) is 10.0 Å². The Bertz CT molecular complexity index is 708. The molecule has 130 valence electrons. The van der Waals surface area contributed by atoms with Crippen molar-refractivity contribution in [2.24, 2.45) is 0 Å². The Balaban J connectivity index is 1.67. The Kier molecular flexibility index (Phi) is 5.51. The monoisotopic (exact) mass is 349 g/mol. The van der Waals surface area contributed by atoms with E-state index >= 15 is 0 Å². The number of nitriles is 1. The Hall–Kier alpha value is -1.46. The number of nitrogens with zero attached hydrogens (tertiary/aromatic N) is 3. The van der Waals surface area contributed by atoms with Crippen molar-refractivity contribution in [3.8, 4) is 6.07 Å². The van der Waals surface area contributed by atoms with Crippen LogP contribution in [0.2, 0.25) is 0 Å². The van der Waals surface area contributed by atoms with Crippen LogP contribution in [0, 0.1) is 11.3 Å². The van der Waals surface area contributed by atoms with Gasteiger partial charge < -0.3 is 4.74 Å². The van der Waals surface area contributed by atoms with E-state index < -0.39 is 10.0 Å². The molecule has 0 bridgehead atoms. The summed E-state index contributed by atoms with van der Waals surface area (Å²) in [6.07, 6.45) is 3.32. The molecular weight excluding hydrogens is 326 g/mol. The van der Waals surface area contributed by atoms with Gasteiger partial charge >= 0.3 is 0 Å². The van der Waals surface area contributed by atoms with Crippen molar-refractivity contribution >= 4 is 10.0 Å². The minimum atomic E-state index is -3.54. The number of sulfonamides is 1. The average molecular weight is 349 g/mol. The molecule has 0 aromatic heterocycles. The molecule has 0 aliphatic carbocycles. The van der Waals surface area contributed by atoms with Crippen molar-refractivity contribution in [3.05, 3.63) is 29.8 Å². The molecule has 2 saturated heterocycles. The van der Waals surface area contributed by atoms with Crippen LogP contribution < -0.4 is 0 Å². The molecule has 3 rings (SSSR count). The Morgan fingerprint density at radius 2 is 2.08 bits per heavy atom. The molecule has 6 nitrogen and oxygen atoms in total. The van der Waals surface area contributed by atoms with Gasteiger partial charge in [-0.3, -0.25) is 4.90 Å². The summed E-state index contributed by atoms with van der Waals surface area (Å²) in [7, 11) is -3.54. The third kappa shape index (κ3) is 3.95. The van der Waals surface area contributed by atoms with E-state index in [1.165, 1.54) is 6.07 Å². The van der Waals surface area contributed by atoms with Crippen LogP contribution in [0.5, 0.6) is 0 Å². The van der Waals surface area contributed by atoms with Gasteiger partial charge in [-0.2, -0.15) is 9.57 Å². The molecule has 1 atom stereocenters. The third-order valence-corrected chi connectivity index (χ3v) is 6.53. The fraction of sp³-hybridized carbons (Fsp3) is 0.588. The second kappa shape index (κ2) is 7.62. The molecule has 0 radical (unpaired) electrons. The Morgan fingerprint density at radius 3 is 2.83 bits per heavy atom. The van der Waals surface area contributed by atoms with Gasteiger partial charge in [-0.25, -0.2) is 8.42 Å². The molecule has 2 fully saturated rings. The quantitative estimate of drug-likeness (QED) is 0.822. The highest BCUT2D eigenvalue weighted by atomic mass is 32.2. The van der Waals surface area contributed by atoms with E-state index in [9.17, 15) is 8.42 Å². The van der Waals surface area contributed by atoms with Crippen LogP contribution in [0.15, 0.2) is 29.2 Å². The van der Waals surface area contributed by atoms with Crippen molar-refractivity contribution in [2.75, 3.05) is 39.3 Å². The minimum absolute atomic E-state index is 0.203. The maximum absolute atomic E-state index is 12.8. The van der Waals surface area contributed by atoms with Gasteiger partial charge in [-0.15, -0.1) is 0 Å². The fourth-order valence-electron chi connectivity index (χ4n) is 3.32. The van der Waals surface area contributed by atoms with E-state index in [1.54, 1.807) is 22.5 Å². The van der Waals surface area contributed by atoms with Crippen LogP contribution in [0.1, 0.15) is 24.8 Å². The van der Waals surface area contributed by atoms with E-state index in [0.717, 1.165) is 45.5 Å². The van der Waals surface area contributed by atoms with Crippen LogP contribution in [0.4, 0.5) is 0 Å². The van der Waals surface area contributed by atoms with Gasteiger partial charge in [0.15, 0.2) is 0 Å². The number of benzene rings is 1. The zero-order valence-electron chi connectivity index (χ0n) is 13.7. The number of ether oxygens (including phenoxy) is 1. The molecule has 1 aromatic carbocycles. The van der Waals surface area contributed by atoms with Crippen molar-refractivity contribution in [2.45, 2.75) is 30.3 Å². The zero-order valence-corrected chi connectivity index (χ0v) is 14.5. The van der Waals surface area contributed by atoms with E-state index in [0.29, 0.717) is 24.8 Å². The summed E-state index contributed by atoms with van der Waals surface area (Å²) < 4.78 is 32.9. The fourth-order valence-corrected chi connectivity index (χ4v) is 4.84. The lowest BCUT2D eigenvalue weighted by molar-refractivity contribution is 0.0749. The Labute approximate surface area is 143 Å². The molecular formula is C17H23N3O3S. The van der Waals surface area contributed by atoms with Gasteiger partial charge in [0.25, 0.3) is 0 Å². The molecule has 0 unspecified atom stereocenters. The normalized spacial score (nSPS) is 23.7. The standard InChI is InChI=1S/C17H23N3O3S/c18-13-15-4-1-6-17(12-15)24(21,22)20-8-3-7-19(9-10-20)14-16-5-2-11-23-16/h1,4,6,12,16H,2-3,5,7-11,14H2/t16-/m0/s1. The summed E-state index contributed by atoms with van der Waals surface area (Å²) in [6, 6.07) is 8.24. The molecule has 7 heteroatoms. The lowest BCUT2D eigenvalue weighted by atomic mass is 10.2. The topological polar surface area (TPSA) is 73.6 Å². The van der Waals surface area contributed by atoms with Crippen LogP contribution in [0.25, 0.3) is 0 Å². The number of hydrogen-bond acceptors (Lipinski definition) is 5. The van der Waals surface area contributed by atoms with E-state index in [-0.39, 0.29) is 4.90 Å². The lowest BCUT2D eigenvalue weighted by Gasteiger charge is -2.24. The SMILES string of the molecule is N#Cc1cccc(S(=O)(=O)N2CCCN(C[C@@H]3CCCO3)CC2)c1. The zero-order chi connectivity index (χ0) is 17.0. The summed E-state index contributed by atoms with van der Waals surface area (Å²) in [6.45, 7) is 4.33.